The maximum absolute atomic E-state index is 13.3. The number of aliphatic hydroxyl groups excluding tert-OH is 1. The number of ketones is 1. The van der Waals surface area contributed by atoms with Crippen LogP contribution in [0.15, 0.2) is 54.1 Å². The number of Topliss-reactive ketones (excluding diaryl/α,β-unsaturated/α-hetero) is 1. The highest BCUT2D eigenvalue weighted by Crippen LogP contribution is 2.40. The fraction of sp³-hybridized carbons (Fsp3) is 0.360. The minimum atomic E-state index is -0.746. The molecule has 1 aliphatic rings. The van der Waals surface area contributed by atoms with Gasteiger partial charge in [-0.05, 0) is 47.2 Å². The van der Waals surface area contributed by atoms with Gasteiger partial charge in [0, 0.05) is 25.8 Å². The van der Waals surface area contributed by atoms with Crippen LogP contribution in [0.3, 0.4) is 0 Å². The highest BCUT2D eigenvalue weighted by molar-refractivity contribution is 6.46. The van der Waals surface area contributed by atoms with E-state index in [0.717, 1.165) is 11.1 Å². The molecule has 0 aliphatic carbocycles. The fourth-order valence-electron chi connectivity index (χ4n) is 3.77. The monoisotopic (exact) mass is 425 g/mol. The Morgan fingerprint density at radius 1 is 1.06 bits per heavy atom. The van der Waals surface area contributed by atoms with E-state index < -0.39 is 23.5 Å². The van der Waals surface area contributed by atoms with Crippen molar-refractivity contribution in [2.24, 2.45) is 0 Å². The first-order valence-corrected chi connectivity index (χ1v) is 10.3. The zero-order valence-electron chi connectivity index (χ0n) is 18.3. The van der Waals surface area contributed by atoms with Crippen LogP contribution in [0.4, 0.5) is 4.39 Å². The van der Waals surface area contributed by atoms with Crippen LogP contribution >= 0.6 is 0 Å². The molecule has 164 valence electrons. The average molecular weight is 426 g/mol. The molecule has 6 heteroatoms. The lowest BCUT2D eigenvalue weighted by atomic mass is 9.85. The first kappa shape index (κ1) is 22.7. The third kappa shape index (κ3) is 4.69. The van der Waals surface area contributed by atoms with Gasteiger partial charge in [0.1, 0.15) is 11.6 Å². The number of benzene rings is 2. The SMILES string of the molecule is COCCCN1C(=O)C(=O)/C(=C(\O)c2ccc(F)cc2)C1c1ccc(C(C)(C)C)cc1. The molecular formula is C25H28FNO4. The summed E-state index contributed by atoms with van der Waals surface area (Å²) < 4.78 is 18.4. The van der Waals surface area contributed by atoms with Gasteiger partial charge in [0.05, 0.1) is 11.6 Å². The quantitative estimate of drug-likeness (QED) is 0.318. The van der Waals surface area contributed by atoms with E-state index in [2.05, 4.69) is 20.8 Å². The van der Waals surface area contributed by atoms with Crippen LogP contribution in [0.5, 0.6) is 0 Å². The molecular weight excluding hydrogens is 397 g/mol. The minimum absolute atomic E-state index is 0.0116. The third-order valence-electron chi connectivity index (χ3n) is 5.50. The summed E-state index contributed by atoms with van der Waals surface area (Å²) in [5.74, 6) is -2.17. The van der Waals surface area contributed by atoms with Gasteiger partial charge in [-0.15, -0.1) is 0 Å². The molecule has 2 aromatic rings. The van der Waals surface area contributed by atoms with Crippen molar-refractivity contribution in [3.8, 4) is 0 Å². The molecule has 2 aromatic carbocycles. The lowest BCUT2D eigenvalue weighted by molar-refractivity contribution is -0.140. The molecule has 0 saturated carbocycles. The predicted molar refractivity (Wildman–Crippen MR) is 117 cm³/mol. The Labute approximate surface area is 182 Å². The second-order valence-electron chi connectivity index (χ2n) is 8.72. The maximum Gasteiger partial charge on any atom is 0.295 e. The minimum Gasteiger partial charge on any atom is -0.507 e. The average Bonchev–Trinajstić information content (AvgIpc) is 2.98. The summed E-state index contributed by atoms with van der Waals surface area (Å²) in [6.45, 7) is 7.06. The van der Waals surface area contributed by atoms with Gasteiger partial charge in [0.15, 0.2) is 0 Å². The van der Waals surface area contributed by atoms with E-state index >= 15 is 0 Å². The van der Waals surface area contributed by atoms with Crippen LogP contribution in [0.1, 0.15) is 49.9 Å². The first-order chi connectivity index (χ1) is 14.6. The predicted octanol–water partition coefficient (Wildman–Crippen LogP) is 4.58. The number of methoxy groups -OCH3 is 1. The van der Waals surface area contributed by atoms with Crippen LogP contribution < -0.4 is 0 Å². The van der Waals surface area contributed by atoms with Gasteiger partial charge in [0.2, 0.25) is 0 Å². The van der Waals surface area contributed by atoms with Gasteiger partial charge in [-0.25, -0.2) is 4.39 Å². The van der Waals surface area contributed by atoms with E-state index in [0.29, 0.717) is 19.6 Å². The second-order valence-corrected chi connectivity index (χ2v) is 8.72. The summed E-state index contributed by atoms with van der Waals surface area (Å²) in [5, 5.41) is 10.9. The molecule has 1 heterocycles. The highest BCUT2D eigenvalue weighted by Gasteiger charge is 2.45. The Balaban J connectivity index is 2.11. The molecule has 1 unspecified atom stereocenters. The summed E-state index contributed by atoms with van der Waals surface area (Å²) in [6.07, 6.45) is 0.552. The lowest BCUT2D eigenvalue weighted by Crippen LogP contribution is -2.31. The summed E-state index contributed by atoms with van der Waals surface area (Å²) in [4.78, 5) is 27.2. The number of aliphatic hydroxyl groups is 1. The Hall–Kier alpha value is -2.99. The Morgan fingerprint density at radius 2 is 1.68 bits per heavy atom. The van der Waals surface area contributed by atoms with Crippen LogP contribution in [0.25, 0.3) is 5.76 Å². The number of halogens is 1. The standard InChI is InChI=1S/C25H28FNO4/c1-25(2,3)18-10-6-16(7-11-18)21-20(22(28)17-8-12-19(26)13-9-17)23(29)24(30)27(21)14-5-15-31-4/h6-13,21,28H,5,14-15H2,1-4H3/b22-20-. The first-order valence-electron chi connectivity index (χ1n) is 10.3. The van der Waals surface area contributed by atoms with Gasteiger partial charge in [-0.3, -0.25) is 9.59 Å². The van der Waals surface area contributed by atoms with E-state index in [4.69, 9.17) is 4.74 Å². The number of likely N-dealkylation sites (tertiary alicyclic amines) is 1. The van der Waals surface area contributed by atoms with E-state index in [1.54, 1.807) is 7.11 Å². The van der Waals surface area contributed by atoms with E-state index in [1.807, 2.05) is 24.3 Å². The maximum atomic E-state index is 13.3. The number of hydrogen-bond acceptors (Lipinski definition) is 4. The number of carbonyl (C=O) groups excluding carboxylic acids is 2. The van der Waals surface area contributed by atoms with E-state index in [1.165, 1.54) is 29.2 Å². The van der Waals surface area contributed by atoms with Gasteiger partial charge in [-0.2, -0.15) is 0 Å². The molecule has 5 nitrogen and oxygen atoms in total. The van der Waals surface area contributed by atoms with Gasteiger partial charge < -0.3 is 14.7 Å². The molecule has 0 spiro atoms. The summed E-state index contributed by atoms with van der Waals surface area (Å²) in [6, 6.07) is 12.2. The van der Waals surface area contributed by atoms with Crippen molar-refractivity contribution >= 4 is 17.4 Å². The smallest absolute Gasteiger partial charge is 0.295 e. The van der Waals surface area contributed by atoms with Crippen molar-refractivity contribution in [3.05, 3.63) is 76.6 Å². The normalized spacial score (nSPS) is 18.6. The number of ether oxygens (including phenoxy) is 1. The highest BCUT2D eigenvalue weighted by atomic mass is 19.1. The van der Waals surface area contributed by atoms with Crippen LogP contribution in [-0.4, -0.2) is 42.0 Å². The van der Waals surface area contributed by atoms with Gasteiger partial charge >= 0.3 is 0 Å². The van der Waals surface area contributed by atoms with E-state index in [9.17, 15) is 19.1 Å². The number of rotatable bonds is 6. The summed E-state index contributed by atoms with van der Waals surface area (Å²) in [5.41, 5.74) is 2.09. The molecule has 1 saturated heterocycles. The largest absolute Gasteiger partial charge is 0.507 e. The number of amides is 1. The Kier molecular flexibility index (Phi) is 6.60. The zero-order chi connectivity index (χ0) is 22.8. The molecule has 1 atom stereocenters. The van der Waals surface area contributed by atoms with Gasteiger partial charge in [0.25, 0.3) is 11.7 Å². The van der Waals surface area contributed by atoms with Gasteiger partial charge in [-0.1, -0.05) is 45.0 Å². The molecule has 0 radical (unpaired) electrons. The lowest BCUT2D eigenvalue weighted by Gasteiger charge is -2.26. The topological polar surface area (TPSA) is 66.8 Å². The van der Waals surface area contributed by atoms with Crippen LogP contribution in [0, 0.1) is 5.82 Å². The Morgan fingerprint density at radius 3 is 2.23 bits per heavy atom. The van der Waals surface area contributed by atoms with Crippen LogP contribution in [-0.2, 0) is 19.7 Å². The zero-order valence-corrected chi connectivity index (χ0v) is 18.3. The number of hydrogen-bond donors (Lipinski definition) is 1. The summed E-state index contributed by atoms with van der Waals surface area (Å²) in [7, 11) is 1.57. The Bertz CT molecular complexity index is 988. The molecule has 0 bridgehead atoms. The number of carbonyl (C=O) groups is 2. The fourth-order valence-corrected chi connectivity index (χ4v) is 3.77. The van der Waals surface area contributed by atoms with Crippen molar-refractivity contribution < 1.29 is 23.8 Å². The summed E-state index contributed by atoms with van der Waals surface area (Å²) >= 11 is 0. The van der Waals surface area contributed by atoms with Crippen molar-refractivity contribution in [1.82, 2.24) is 4.90 Å². The molecule has 0 aromatic heterocycles. The number of nitrogens with zero attached hydrogens (tertiary/aromatic N) is 1. The molecule has 1 N–H and O–H groups in total. The third-order valence-corrected chi connectivity index (χ3v) is 5.50. The molecule has 31 heavy (non-hydrogen) atoms. The van der Waals surface area contributed by atoms with Crippen molar-refractivity contribution in [1.29, 1.82) is 0 Å². The van der Waals surface area contributed by atoms with E-state index in [-0.39, 0.29) is 22.3 Å². The van der Waals surface area contributed by atoms with Crippen LogP contribution in [0.2, 0.25) is 0 Å². The second kappa shape index (κ2) is 9.02. The van der Waals surface area contributed by atoms with Crippen molar-refractivity contribution in [2.45, 2.75) is 38.6 Å². The molecule has 1 aliphatic heterocycles. The molecule has 3 rings (SSSR count). The molecule has 1 fully saturated rings. The molecule has 1 amide bonds. The van der Waals surface area contributed by atoms with Crippen molar-refractivity contribution in [2.75, 3.05) is 20.3 Å². The van der Waals surface area contributed by atoms with Crippen molar-refractivity contribution in [3.63, 3.8) is 0 Å².